The largest absolute Gasteiger partial charge is 0.494 e. The summed E-state index contributed by atoms with van der Waals surface area (Å²) in [5.74, 6) is -0.809. The topological polar surface area (TPSA) is 25.2 Å². The highest BCUT2D eigenvalue weighted by Gasteiger charge is 2.13. The molecule has 0 saturated carbocycles. The number of hydrogen-bond donors (Lipinski definition) is 1. The molecule has 0 aliphatic heterocycles. The van der Waals surface area contributed by atoms with Crippen LogP contribution in [0.25, 0.3) is 10.8 Å². The zero-order valence-corrected chi connectivity index (χ0v) is 11.0. The Morgan fingerprint density at radius 1 is 1.05 bits per heavy atom. The molecule has 0 spiro atoms. The monoisotopic (exact) mass is 293 g/mol. The van der Waals surface area contributed by atoms with Crippen molar-refractivity contribution in [1.82, 2.24) is 4.57 Å². The zero-order chi connectivity index (χ0) is 14.3. The first kappa shape index (κ1) is 12.9. The third-order valence-corrected chi connectivity index (χ3v) is 3.44. The molecule has 1 N–H and O–H groups in total. The molecule has 0 bridgehead atoms. The molecule has 0 fully saturated rings. The fourth-order valence-electron chi connectivity index (χ4n) is 2.21. The summed E-state index contributed by atoms with van der Waals surface area (Å²) in [6, 6.07) is 8.42. The van der Waals surface area contributed by atoms with E-state index in [4.69, 9.17) is 11.6 Å². The smallest absolute Gasteiger partial charge is 0.200 e. The minimum absolute atomic E-state index is 0.0330. The van der Waals surface area contributed by atoms with Crippen LogP contribution in [0.3, 0.4) is 0 Å². The summed E-state index contributed by atoms with van der Waals surface area (Å²) < 4.78 is 27.7. The summed E-state index contributed by atoms with van der Waals surface area (Å²) in [6.45, 7) is 0.346. The van der Waals surface area contributed by atoms with Gasteiger partial charge in [0, 0.05) is 11.6 Å². The van der Waals surface area contributed by atoms with Crippen LogP contribution in [0.2, 0.25) is 5.02 Å². The third-order valence-electron chi connectivity index (χ3n) is 3.14. The van der Waals surface area contributed by atoms with Crippen LogP contribution < -0.4 is 0 Å². The molecule has 0 radical (unpaired) electrons. The minimum atomic E-state index is -0.457. The van der Waals surface area contributed by atoms with Crippen molar-refractivity contribution in [2.75, 3.05) is 0 Å². The van der Waals surface area contributed by atoms with Gasteiger partial charge in [-0.25, -0.2) is 8.78 Å². The molecule has 0 atom stereocenters. The van der Waals surface area contributed by atoms with Gasteiger partial charge in [0.25, 0.3) is 0 Å². The maximum atomic E-state index is 13.3. The highest BCUT2D eigenvalue weighted by molar-refractivity contribution is 6.36. The first-order valence-corrected chi connectivity index (χ1v) is 6.33. The Bertz CT molecular complexity index is 781. The molecule has 1 aromatic heterocycles. The number of aromatic hydroxyl groups is 1. The lowest BCUT2D eigenvalue weighted by Crippen LogP contribution is -1.97. The third kappa shape index (κ3) is 2.23. The Morgan fingerprint density at radius 3 is 2.45 bits per heavy atom. The lowest BCUT2D eigenvalue weighted by Gasteiger charge is -2.05. The van der Waals surface area contributed by atoms with Gasteiger partial charge in [0.1, 0.15) is 11.6 Å². The van der Waals surface area contributed by atoms with Crippen LogP contribution in [0.5, 0.6) is 5.88 Å². The highest BCUT2D eigenvalue weighted by atomic mass is 35.5. The average molecular weight is 294 g/mol. The quantitative estimate of drug-likeness (QED) is 0.747. The molecule has 3 rings (SSSR count). The average Bonchev–Trinajstić information content (AvgIpc) is 2.69. The second kappa shape index (κ2) is 4.80. The van der Waals surface area contributed by atoms with Gasteiger partial charge in [-0.2, -0.15) is 0 Å². The SMILES string of the molecule is Oc1c2c(Cl)cc(F)cc2cn1Cc1ccc(F)cc1. The second-order valence-electron chi connectivity index (χ2n) is 4.56. The van der Waals surface area contributed by atoms with Gasteiger partial charge in [0.15, 0.2) is 0 Å². The van der Waals surface area contributed by atoms with Gasteiger partial charge < -0.3 is 9.67 Å². The molecule has 102 valence electrons. The normalized spacial score (nSPS) is 11.2. The van der Waals surface area contributed by atoms with E-state index in [1.165, 1.54) is 18.2 Å². The fourth-order valence-corrected chi connectivity index (χ4v) is 2.51. The van der Waals surface area contributed by atoms with Crippen LogP contribution in [0.4, 0.5) is 8.78 Å². The number of halogens is 3. The first-order chi connectivity index (χ1) is 9.54. The molecule has 2 nitrogen and oxygen atoms in total. The predicted octanol–water partition coefficient (Wildman–Crippen LogP) is 4.33. The van der Waals surface area contributed by atoms with Crippen LogP contribution in [-0.4, -0.2) is 9.67 Å². The minimum Gasteiger partial charge on any atom is -0.494 e. The van der Waals surface area contributed by atoms with E-state index in [0.717, 1.165) is 11.6 Å². The van der Waals surface area contributed by atoms with E-state index in [-0.39, 0.29) is 16.7 Å². The van der Waals surface area contributed by atoms with Crippen LogP contribution in [-0.2, 0) is 6.54 Å². The van der Waals surface area contributed by atoms with Gasteiger partial charge in [-0.3, -0.25) is 0 Å². The number of nitrogens with zero attached hydrogens (tertiary/aromatic N) is 1. The van der Waals surface area contributed by atoms with Crippen LogP contribution in [0.1, 0.15) is 5.56 Å². The van der Waals surface area contributed by atoms with Crippen molar-refractivity contribution in [1.29, 1.82) is 0 Å². The number of aromatic nitrogens is 1. The van der Waals surface area contributed by atoms with Crippen molar-refractivity contribution < 1.29 is 13.9 Å². The van der Waals surface area contributed by atoms with Gasteiger partial charge in [-0.1, -0.05) is 23.7 Å². The second-order valence-corrected chi connectivity index (χ2v) is 4.97. The van der Waals surface area contributed by atoms with E-state index >= 15 is 0 Å². The Balaban J connectivity index is 2.06. The van der Waals surface area contributed by atoms with E-state index in [1.54, 1.807) is 22.9 Å². The predicted molar refractivity (Wildman–Crippen MR) is 74.1 cm³/mol. The summed E-state index contributed by atoms with van der Waals surface area (Å²) in [5, 5.41) is 11.3. The Morgan fingerprint density at radius 2 is 1.75 bits per heavy atom. The Hall–Kier alpha value is -2.07. The summed E-state index contributed by atoms with van der Waals surface area (Å²) >= 11 is 5.94. The van der Waals surface area contributed by atoms with E-state index in [2.05, 4.69) is 0 Å². The zero-order valence-electron chi connectivity index (χ0n) is 10.3. The summed E-state index contributed by atoms with van der Waals surface area (Å²) in [7, 11) is 0. The molecular formula is C15H10ClF2NO. The van der Waals surface area contributed by atoms with Gasteiger partial charge in [0.05, 0.1) is 17.0 Å². The van der Waals surface area contributed by atoms with Gasteiger partial charge in [-0.05, 0) is 29.8 Å². The van der Waals surface area contributed by atoms with Crippen LogP contribution >= 0.6 is 11.6 Å². The summed E-state index contributed by atoms with van der Waals surface area (Å²) in [5.41, 5.74) is 0.818. The molecule has 5 heteroatoms. The number of benzene rings is 2. The van der Waals surface area contributed by atoms with Gasteiger partial charge >= 0.3 is 0 Å². The maximum Gasteiger partial charge on any atom is 0.200 e. The molecular weight excluding hydrogens is 284 g/mol. The standard InChI is InChI=1S/C15H10ClF2NO/c16-13-6-12(18)5-10-8-19(15(20)14(10)13)7-9-1-3-11(17)4-2-9/h1-6,8,20H,7H2. The van der Waals surface area contributed by atoms with E-state index in [9.17, 15) is 13.9 Å². The van der Waals surface area contributed by atoms with E-state index in [0.29, 0.717) is 17.3 Å². The molecule has 1 heterocycles. The lowest BCUT2D eigenvalue weighted by atomic mass is 10.2. The Labute approximate surface area is 118 Å². The van der Waals surface area contributed by atoms with Crippen molar-refractivity contribution in [2.45, 2.75) is 6.54 Å². The van der Waals surface area contributed by atoms with Crippen molar-refractivity contribution in [3.8, 4) is 5.88 Å². The fraction of sp³-hybridized carbons (Fsp3) is 0.0667. The highest BCUT2D eigenvalue weighted by Crippen LogP contribution is 2.34. The van der Waals surface area contributed by atoms with Crippen LogP contribution in [0.15, 0.2) is 42.6 Å². The molecule has 0 unspecified atom stereocenters. The number of hydrogen-bond acceptors (Lipinski definition) is 1. The molecule has 0 aliphatic carbocycles. The molecule has 20 heavy (non-hydrogen) atoms. The molecule has 0 aliphatic rings. The molecule has 2 aromatic carbocycles. The van der Waals surface area contributed by atoms with Crippen molar-refractivity contribution in [2.24, 2.45) is 0 Å². The first-order valence-electron chi connectivity index (χ1n) is 5.96. The Kier molecular flexibility index (Phi) is 3.10. The van der Waals surface area contributed by atoms with Crippen molar-refractivity contribution in [3.05, 3.63) is 64.8 Å². The van der Waals surface area contributed by atoms with Gasteiger partial charge in [-0.15, -0.1) is 0 Å². The maximum absolute atomic E-state index is 13.3. The van der Waals surface area contributed by atoms with Crippen LogP contribution in [0, 0.1) is 11.6 Å². The molecule has 3 aromatic rings. The number of fused-ring (bicyclic) bond motifs is 1. The van der Waals surface area contributed by atoms with E-state index < -0.39 is 5.82 Å². The summed E-state index contributed by atoms with van der Waals surface area (Å²) in [6.07, 6.45) is 1.61. The van der Waals surface area contributed by atoms with Crippen molar-refractivity contribution >= 4 is 22.4 Å². The van der Waals surface area contributed by atoms with Gasteiger partial charge in [0.2, 0.25) is 5.88 Å². The number of rotatable bonds is 2. The summed E-state index contributed by atoms with van der Waals surface area (Å²) in [4.78, 5) is 0. The molecule has 0 saturated heterocycles. The van der Waals surface area contributed by atoms with E-state index in [1.807, 2.05) is 0 Å². The molecule has 0 amide bonds. The lowest BCUT2D eigenvalue weighted by molar-refractivity contribution is 0.430. The van der Waals surface area contributed by atoms with Crippen molar-refractivity contribution in [3.63, 3.8) is 0 Å².